The van der Waals surface area contributed by atoms with Crippen LogP contribution in [0.25, 0.3) is 10.2 Å². The molecule has 0 fully saturated rings. The molecule has 2 aromatic heterocycles. The van der Waals surface area contributed by atoms with Gasteiger partial charge in [0.1, 0.15) is 5.56 Å². The number of hydrogen-bond acceptors (Lipinski definition) is 6. The molecule has 1 atom stereocenters. The van der Waals surface area contributed by atoms with Crippen LogP contribution in [0.2, 0.25) is 5.02 Å². The van der Waals surface area contributed by atoms with E-state index >= 15 is 0 Å². The van der Waals surface area contributed by atoms with E-state index in [2.05, 4.69) is 5.32 Å². The first-order valence-corrected chi connectivity index (χ1v) is 12.3. The minimum Gasteiger partial charge on any atom is -0.399 e. The molecule has 0 saturated carbocycles. The SMILES string of the molecule is CN(Cc1cc2c(s1)c(=O)c(C(=O)NCc1ccc(Cl)cc1)cn2C)CC(O)c1cccc(N)c1. The number of hydrogen-bond donors (Lipinski definition) is 3. The third-order valence-electron chi connectivity index (χ3n) is 5.73. The van der Waals surface area contributed by atoms with Crippen LogP contribution < -0.4 is 16.5 Å². The Labute approximate surface area is 212 Å². The number of carbonyl (C=O) groups is 1. The predicted molar refractivity (Wildman–Crippen MR) is 142 cm³/mol. The summed E-state index contributed by atoms with van der Waals surface area (Å²) in [5.74, 6) is -0.417. The molecule has 4 N–H and O–H groups in total. The largest absolute Gasteiger partial charge is 0.399 e. The summed E-state index contributed by atoms with van der Waals surface area (Å²) in [4.78, 5) is 28.9. The molecule has 182 valence electrons. The number of carbonyl (C=O) groups excluding carboxylic acids is 1. The molecule has 0 aliphatic rings. The van der Waals surface area contributed by atoms with Crippen molar-refractivity contribution in [2.45, 2.75) is 19.2 Å². The summed E-state index contributed by atoms with van der Waals surface area (Å²) in [6.07, 6.45) is 0.894. The van der Waals surface area contributed by atoms with Gasteiger partial charge in [-0.05, 0) is 48.5 Å². The van der Waals surface area contributed by atoms with Crippen molar-refractivity contribution in [2.24, 2.45) is 7.05 Å². The number of nitrogens with one attached hydrogen (secondary N) is 1. The van der Waals surface area contributed by atoms with Gasteiger partial charge in [0.15, 0.2) is 0 Å². The molecule has 1 amide bonds. The molecule has 9 heteroatoms. The van der Waals surface area contributed by atoms with Gasteiger partial charge in [-0.1, -0.05) is 35.9 Å². The van der Waals surface area contributed by atoms with Gasteiger partial charge < -0.3 is 20.7 Å². The lowest BCUT2D eigenvalue weighted by Crippen LogP contribution is -2.29. The second-order valence-corrected chi connectivity index (χ2v) is 10.2. The number of fused-ring (bicyclic) bond motifs is 1. The highest BCUT2D eigenvalue weighted by atomic mass is 35.5. The minimum atomic E-state index is -0.681. The highest BCUT2D eigenvalue weighted by Crippen LogP contribution is 2.25. The molecule has 0 saturated heterocycles. The number of anilines is 1. The van der Waals surface area contributed by atoms with E-state index in [9.17, 15) is 14.7 Å². The van der Waals surface area contributed by atoms with Crippen molar-refractivity contribution in [1.29, 1.82) is 0 Å². The van der Waals surface area contributed by atoms with Crippen LogP contribution >= 0.6 is 22.9 Å². The number of amides is 1. The van der Waals surface area contributed by atoms with Crippen LogP contribution in [0, 0.1) is 0 Å². The number of halogens is 1. The Hall–Kier alpha value is -3.17. The van der Waals surface area contributed by atoms with E-state index in [0.717, 1.165) is 21.5 Å². The number of aromatic nitrogens is 1. The van der Waals surface area contributed by atoms with E-state index in [1.54, 1.807) is 35.0 Å². The normalized spacial score (nSPS) is 12.3. The van der Waals surface area contributed by atoms with Crippen LogP contribution in [0.15, 0.2) is 65.6 Å². The number of pyridine rings is 1. The summed E-state index contributed by atoms with van der Waals surface area (Å²) in [5.41, 5.74) is 8.67. The third-order valence-corrected chi connectivity index (χ3v) is 7.09. The Balaban J connectivity index is 1.48. The first kappa shape index (κ1) is 24.9. The fraction of sp³-hybridized carbons (Fsp3) is 0.231. The lowest BCUT2D eigenvalue weighted by molar-refractivity contribution is 0.0949. The summed E-state index contributed by atoms with van der Waals surface area (Å²) in [6, 6.07) is 16.3. The summed E-state index contributed by atoms with van der Waals surface area (Å²) >= 11 is 7.27. The molecule has 4 rings (SSSR count). The lowest BCUT2D eigenvalue weighted by atomic mass is 10.1. The van der Waals surface area contributed by atoms with Crippen LogP contribution in [-0.2, 0) is 20.1 Å². The number of nitrogens with two attached hydrogens (primary N) is 1. The van der Waals surface area contributed by atoms with Gasteiger partial charge in [-0.15, -0.1) is 11.3 Å². The van der Waals surface area contributed by atoms with Gasteiger partial charge in [-0.25, -0.2) is 0 Å². The standard InChI is InChI=1S/C26H27ClN4O3S/c1-30(15-23(32)17-4-3-5-19(28)10-17)13-20-11-22-25(35-20)24(33)21(14-31(22)2)26(34)29-12-16-6-8-18(27)9-7-16/h3-11,14,23,32H,12-13,15,28H2,1-2H3,(H,29,34). The second-order valence-electron chi connectivity index (χ2n) is 8.60. The number of nitrogen functional groups attached to an aromatic ring is 1. The van der Waals surface area contributed by atoms with Gasteiger partial charge in [0.2, 0.25) is 5.43 Å². The maximum Gasteiger partial charge on any atom is 0.257 e. The Morgan fingerprint density at radius 2 is 1.97 bits per heavy atom. The number of aliphatic hydroxyl groups excluding tert-OH is 1. The van der Waals surface area contributed by atoms with Gasteiger partial charge >= 0.3 is 0 Å². The molecule has 0 spiro atoms. The van der Waals surface area contributed by atoms with Gasteiger partial charge in [0, 0.05) is 48.5 Å². The highest BCUT2D eigenvalue weighted by Gasteiger charge is 2.18. The van der Waals surface area contributed by atoms with Crippen molar-refractivity contribution >= 4 is 44.7 Å². The van der Waals surface area contributed by atoms with Gasteiger partial charge in [0.05, 0.1) is 16.3 Å². The van der Waals surface area contributed by atoms with Crippen LogP contribution in [-0.4, -0.2) is 34.1 Å². The number of benzene rings is 2. The highest BCUT2D eigenvalue weighted by molar-refractivity contribution is 7.19. The summed E-state index contributed by atoms with van der Waals surface area (Å²) < 4.78 is 2.33. The molecular formula is C26H27ClN4O3S. The molecule has 0 radical (unpaired) electrons. The first-order chi connectivity index (χ1) is 16.7. The zero-order valence-corrected chi connectivity index (χ0v) is 21.1. The molecule has 0 aliphatic carbocycles. The van der Waals surface area contributed by atoms with Crippen molar-refractivity contribution < 1.29 is 9.90 Å². The van der Waals surface area contributed by atoms with Crippen molar-refractivity contribution in [3.8, 4) is 0 Å². The monoisotopic (exact) mass is 510 g/mol. The van der Waals surface area contributed by atoms with Gasteiger partial charge in [0.25, 0.3) is 5.91 Å². The maximum absolute atomic E-state index is 13.1. The smallest absolute Gasteiger partial charge is 0.257 e. The van der Waals surface area contributed by atoms with Crippen molar-refractivity contribution in [3.05, 3.63) is 97.6 Å². The predicted octanol–water partition coefficient (Wildman–Crippen LogP) is 3.93. The maximum atomic E-state index is 13.1. The molecule has 0 bridgehead atoms. The van der Waals surface area contributed by atoms with E-state index in [-0.39, 0.29) is 11.0 Å². The lowest BCUT2D eigenvalue weighted by Gasteiger charge is -2.20. The average Bonchev–Trinajstić information content (AvgIpc) is 3.25. The molecule has 35 heavy (non-hydrogen) atoms. The molecule has 2 aromatic carbocycles. The molecule has 1 unspecified atom stereocenters. The molecule has 4 aromatic rings. The Morgan fingerprint density at radius 1 is 1.23 bits per heavy atom. The first-order valence-electron chi connectivity index (χ1n) is 11.1. The van der Waals surface area contributed by atoms with Crippen LogP contribution in [0.1, 0.15) is 32.5 Å². The van der Waals surface area contributed by atoms with Crippen LogP contribution in [0.4, 0.5) is 5.69 Å². The van der Waals surface area contributed by atoms with E-state index in [4.69, 9.17) is 17.3 Å². The number of rotatable bonds is 8. The number of likely N-dealkylation sites (N-methyl/N-ethyl adjacent to an activating group) is 1. The Morgan fingerprint density at radius 3 is 2.69 bits per heavy atom. The summed E-state index contributed by atoms with van der Waals surface area (Å²) in [5, 5.41) is 14.0. The van der Waals surface area contributed by atoms with Crippen molar-refractivity contribution in [3.63, 3.8) is 0 Å². The van der Waals surface area contributed by atoms with E-state index in [0.29, 0.717) is 35.0 Å². The zero-order valence-electron chi connectivity index (χ0n) is 19.5. The van der Waals surface area contributed by atoms with Crippen LogP contribution in [0.5, 0.6) is 0 Å². The Bertz CT molecular complexity index is 1410. The topological polar surface area (TPSA) is 101 Å². The zero-order chi connectivity index (χ0) is 25.1. The summed E-state index contributed by atoms with van der Waals surface area (Å²) in [6.45, 7) is 1.26. The Kier molecular flexibility index (Phi) is 7.57. The molecular weight excluding hydrogens is 484 g/mol. The van der Waals surface area contributed by atoms with Crippen LogP contribution in [0.3, 0.4) is 0 Å². The summed E-state index contributed by atoms with van der Waals surface area (Å²) in [7, 11) is 3.73. The number of nitrogens with zero attached hydrogens (tertiary/aromatic N) is 2. The van der Waals surface area contributed by atoms with E-state index in [1.165, 1.54) is 11.3 Å². The molecule has 0 aliphatic heterocycles. The third kappa shape index (κ3) is 5.91. The van der Waals surface area contributed by atoms with Gasteiger partial charge in [-0.3, -0.25) is 14.5 Å². The van der Waals surface area contributed by atoms with Gasteiger partial charge in [-0.2, -0.15) is 0 Å². The molecule has 2 heterocycles. The minimum absolute atomic E-state index is 0.104. The van der Waals surface area contributed by atoms with Crippen molar-refractivity contribution in [1.82, 2.24) is 14.8 Å². The molecule has 7 nitrogen and oxygen atoms in total. The van der Waals surface area contributed by atoms with E-state index in [1.807, 2.05) is 49.3 Å². The number of aryl methyl sites for hydroxylation is 1. The fourth-order valence-corrected chi connectivity index (χ4v) is 5.27. The fourth-order valence-electron chi connectivity index (χ4n) is 3.92. The second kappa shape index (κ2) is 10.6. The van der Waals surface area contributed by atoms with Crippen molar-refractivity contribution in [2.75, 3.05) is 19.3 Å². The van der Waals surface area contributed by atoms with E-state index < -0.39 is 12.0 Å². The number of thiophene rings is 1. The quantitative estimate of drug-likeness (QED) is 0.312. The average molecular weight is 511 g/mol. The number of aliphatic hydroxyl groups is 1.